The first-order valence-electron chi connectivity index (χ1n) is 10.6. The Morgan fingerprint density at radius 2 is 1.48 bits per heavy atom. The molecule has 0 aliphatic carbocycles. The molecular weight excluding hydrogens is 360 g/mol. The van der Waals surface area contributed by atoms with Gasteiger partial charge in [0, 0.05) is 11.1 Å². The minimum absolute atomic E-state index is 0.155. The molecular formula is C25H30N2O2. The van der Waals surface area contributed by atoms with E-state index >= 15 is 0 Å². The molecule has 0 amide bonds. The Morgan fingerprint density at radius 1 is 0.862 bits per heavy atom. The van der Waals surface area contributed by atoms with E-state index in [0.717, 1.165) is 35.4 Å². The van der Waals surface area contributed by atoms with E-state index in [1.165, 1.54) is 25.7 Å². The fourth-order valence-corrected chi connectivity index (χ4v) is 3.38. The molecule has 2 aromatic carbocycles. The summed E-state index contributed by atoms with van der Waals surface area (Å²) in [6.45, 7) is 2.70. The van der Waals surface area contributed by atoms with Gasteiger partial charge in [0.15, 0.2) is 0 Å². The van der Waals surface area contributed by atoms with Crippen molar-refractivity contribution in [3.05, 3.63) is 66.5 Å². The highest BCUT2D eigenvalue weighted by atomic mass is 16.5. The highest BCUT2D eigenvalue weighted by Gasteiger charge is 2.16. The standard InChI is InChI=1S/C25H30N2O2/c1-2-3-4-5-6-13-18-29-23(28)19-22-26-24(20-14-9-7-10-15-20)25(27-22)21-16-11-8-12-17-21/h7-12,14-17H,2-6,13,18-19H2,1H3,(H,26,27). The second-order valence-corrected chi connectivity index (χ2v) is 7.30. The lowest BCUT2D eigenvalue weighted by Gasteiger charge is -2.04. The van der Waals surface area contributed by atoms with Gasteiger partial charge in [0.2, 0.25) is 0 Å². The number of ether oxygens (including phenoxy) is 1. The Kier molecular flexibility index (Phi) is 8.05. The predicted octanol–water partition coefficient (Wildman–Crippen LogP) is 6.19. The van der Waals surface area contributed by atoms with Crippen molar-refractivity contribution in [2.75, 3.05) is 6.61 Å². The fraction of sp³-hybridized carbons (Fsp3) is 0.360. The van der Waals surface area contributed by atoms with Gasteiger partial charge >= 0.3 is 5.97 Å². The number of rotatable bonds is 11. The number of esters is 1. The van der Waals surface area contributed by atoms with Crippen molar-refractivity contribution in [2.24, 2.45) is 0 Å². The molecule has 1 aromatic heterocycles. The summed E-state index contributed by atoms with van der Waals surface area (Å²) in [6, 6.07) is 20.1. The molecule has 1 heterocycles. The van der Waals surface area contributed by atoms with Gasteiger partial charge in [-0.15, -0.1) is 0 Å². The minimum Gasteiger partial charge on any atom is -0.465 e. The largest absolute Gasteiger partial charge is 0.465 e. The Labute approximate surface area is 173 Å². The van der Waals surface area contributed by atoms with Crippen LogP contribution in [0.1, 0.15) is 51.3 Å². The van der Waals surface area contributed by atoms with Gasteiger partial charge in [-0.25, -0.2) is 4.98 Å². The average molecular weight is 391 g/mol. The number of unbranched alkanes of at least 4 members (excludes halogenated alkanes) is 5. The van der Waals surface area contributed by atoms with Gasteiger partial charge in [-0.3, -0.25) is 4.79 Å². The lowest BCUT2D eigenvalue weighted by molar-refractivity contribution is -0.143. The van der Waals surface area contributed by atoms with Crippen molar-refractivity contribution in [3.8, 4) is 22.5 Å². The number of carbonyl (C=O) groups excluding carboxylic acids is 1. The number of nitrogens with one attached hydrogen (secondary N) is 1. The highest BCUT2D eigenvalue weighted by molar-refractivity contribution is 5.79. The first-order valence-corrected chi connectivity index (χ1v) is 10.6. The van der Waals surface area contributed by atoms with Crippen molar-refractivity contribution in [3.63, 3.8) is 0 Å². The van der Waals surface area contributed by atoms with Crippen LogP contribution in [0.2, 0.25) is 0 Å². The second-order valence-electron chi connectivity index (χ2n) is 7.30. The number of hydrogen-bond donors (Lipinski definition) is 1. The number of H-pyrrole nitrogens is 1. The van der Waals surface area contributed by atoms with E-state index in [-0.39, 0.29) is 12.4 Å². The molecule has 1 N–H and O–H groups in total. The van der Waals surface area contributed by atoms with Gasteiger partial charge in [-0.05, 0) is 6.42 Å². The molecule has 4 nitrogen and oxygen atoms in total. The molecule has 0 saturated heterocycles. The summed E-state index contributed by atoms with van der Waals surface area (Å²) in [5.41, 5.74) is 3.85. The van der Waals surface area contributed by atoms with Crippen LogP contribution in [0, 0.1) is 0 Å². The second kappa shape index (κ2) is 11.2. The van der Waals surface area contributed by atoms with Gasteiger partial charge in [-0.2, -0.15) is 0 Å². The number of carbonyl (C=O) groups is 1. The van der Waals surface area contributed by atoms with Crippen molar-refractivity contribution >= 4 is 5.97 Å². The molecule has 0 bridgehead atoms. The average Bonchev–Trinajstić information content (AvgIpc) is 3.18. The number of benzene rings is 2. The molecule has 0 radical (unpaired) electrons. The van der Waals surface area contributed by atoms with Crippen molar-refractivity contribution < 1.29 is 9.53 Å². The molecule has 0 unspecified atom stereocenters. The fourth-order valence-electron chi connectivity index (χ4n) is 3.38. The SMILES string of the molecule is CCCCCCCCOC(=O)Cc1nc(-c2ccccc2)c(-c2ccccc2)[nH]1. The minimum atomic E-state index is -0.230. The Morgan fingerprint density at radius 3 is 2.17 bits per heavy atom. The number of aromatic nitrogens is 2. The zero-order chi connectivity index (χ0) is 20.3. The maximum atomic E-state index is 12.3. The van der Waals surface area contributed by atoms with E-state index in [1.54, 1.807) is 0 Å². The van der Waals surface area contributed by atoms with Gasteiger partial charge in [0.05, 0.1) is 18.0 Å². The molecule has 0 aliphatic heterocycles. The molecule has 4 heteroatoms. The van der Waals surface area contributed by atoms with E-state index in [1.807, 2.05) is 60.7 Å². The van der Waals surface area contributed by atoms with Crippen molar-refractivity contribution in [1.82, 2.24) is 9.97 Å². The van der Waals surface area contributed by atoms with Crippen molar-refractivity contribution in [1.29, 1.82) is 0 Å². The van der Waals surface area contributed by atoms with Crippen LogP contribution in [0.25, 0.3) is 22.5 Å². The Hall–Kier alpha value is -2.88. The van der Waals surface area contributed by atoms with Gasteiger partial charge in [-0.1, -0.05) is 99.7 Å². The van der Waals surface area contributed by atoms with E-state index in [9.17, 15) is 4.79 Å². The smallest absolute Gasteiger partial charge is 0.313 e. The molecule has 0 fully saturated rings. The van der Waals surface area contributed by atoms with Crippen molar-refractivity contribution in [2.45, 2.75) is 51.9 Å². The molecule has 3 rings (SSSR count). The third kappa shape index (κ3) is 6.31. The maximum Gasteiger partial charge on any atom is 0.313 e. The van der Waals surface area contributed by atoms with Gasteiger partial charge < -0.3 is 9.72 Å². The van der Waals surface area contributed by atoms with Crippen LogP contribution in [0.4, 0.5) is 0 Å². The first-order chi connectivity index (χ1) is 14.3. The maximum absolute atomic E-state index is 12.3. The third-order valence-electron chi connectivity index (χ3n) is 4.94. The van der Waals surface area contributed by atoms with E-state index in [2.05, 4.69) is 11.9 Å². The van der Waals surface area contributed by atoms with E-state index < -0.39 is 0 Å². The van der Waals surface area contributed by atoms with Crippen LogP contribution in [0.15, 0.2) is 60.7 Å². The predicted molar refractivity (Wildman–Crippen MR) is 117 cm³/mol. The zero-order valence-electron chi connectivity index (χ0n) is 17.2. The quantitative estimate of drug-likeness (QED) is 0.314. The first kappa shape index (κ1) is 20.8. The number of aromatic amines is 1. The van der Waals surface area contributed by atoms with Gasteiger partial charge in [0.1, 0.15) is 12.2 Å². The number of hydrogen-bond acceptors (Lipinski definition) is 3. The van der Waals surface area contributed by atoms with Gasteiger partial charge in [0.25, 0.3) is 0 Å². The molecule has 0 spiro atoms. The number of nitrogens with zero attached hydrogens (tertiary/aromatic N) is 1. The Balaban J connectivity index is 1.63. The lowest BCUT2D eigenvalue weighted by Crippen LogP contribution is -2.10. The molecule has 29 heavy (non-hydrogen) atoms. The molecule has 0 aliphatic rings. The Bertz CT molecular complexity index is 815. The normalized spacial score (nSPS) is 10.8. The molecule has 0 saturated carbocycles. The summed E-state index contributed by atoms with van der Waals surface area (Å²) in [4.78, 5) is 20.3. The molecule has 0 atom stereocenters. The van der Waals surface area contributed by atoms with Crippen LogP contribution >= 0.6 is 0 Å². The molecule has 152 valence electrons. The summed E-state index contributed by atoms with van der Waals surface area (Å²) < 4.78 is 5.41. The summed E-state index contributed by atoms with van der Waals surface area (Å²) in [5, 5.41) is 0. The third-order valence-corrected chi connectivity index (χ3v) is 4.94. The summed E-state index contributed by atoms with van der Waals surface area (Å²) in [5.74, 6) is 0.405. The van der Waals surface area contributed by atoms with Crippen LogP contribution in [0.5, 0.6) is 0 Å². The topological polar surface area (TPSA) is 55.0 Å². The monoisotopic (exact) mass is 390 g/mol. The number of imidazole rings is 1. The highest BCUT2D eigenvalue weighted by Crippen LogP contribution is 2.30. The zero-order valence-corrected chi connectivity index (χ0v) is 17.2. The van der Waals surface area contributed by atoms with E-state index in [4.69, 9.17) is 9.72 Å². The summed E-state index contributed by atoms with van der Waals surface area (Å²) in [6.07, 6.45) is 7.21. The lowest BCUT2D eigenvalue weighted by atomic mass is 10.1. The van der Waals surface area contributed by atoms with E-state index in [0.29, 0.717) is 12.4 Å². The summed E-state index contributed by atoms with van der Waals surface area (Å²) in [7, 11) is 0. The van der Waals surface area contributed by atoms with Crippen LogP contribution in [-0.2, 0) is 16.0 Å². The van der Waals surface area contributed by atoms with Crippen LogP contribution in [0.3, 0.4) is 0 Å². The summed E-state index contributed by atoms with van der Waals surface area (Å²) >= 11 is 0. The van der Waals surface area contributed by atoms with Crippen LogP contribution in [-0.4, -0.2) is 22.5 Å². The molecule has 3 aromatic rings. The van der Waals surface area contributed by atoms with Crippen LogP contribution < -0.4 is 0 Å².